The average Bonchev–Trinajstić information content (AvgIpc) is 2.62. The monoisotopic (exact) mass is 429 g/mol. The van der Waals surface area contributed by atoms with Gasteiger partial charge in [-0.1, -0.05) is 46.2 Å². The van der Waals surface area contributed by atoms with E-state index in [0.717, 1.165) is 30.8 Å². The predicted molar refractivity (Wildman–Crippen MR) is 116 cm³/mol. The van der Waals surface area contributed by atoms with Crippen molar-refractivity contribution < 1.29 is 13.2 Å². The lowest BCUT2D eigenvalue weighted by Crippen LogP contribution is -2.46. The van der Waals surface area contributed by atoms with Gasteiger partial charge in [0, 0.05) is 10.7 Å². The van der Waals surface area contributed by atoms with Crippen molar-refractivity contribution in [2.75, 3.05) is 25.0 Å². The quantitative estimate of drug-likeness (QED) is 0.696. The van der Waals surface area contributed by atoms with Gasteiger partial charge in [-0.3, -0.25) is 0 Å². The van der Waals surface area contributed by atoms with Crippen molar-refractivity contribution >= 4 is 33.3 Å². The molecule has 8 heteroatoms. The van der Waals surface area contributed by atoms with E-state index < -0.39 is 21.3 Å². The molecule has 0 bridgehead atoms. The Balaban J connectivity index is 2.19. The fraction of sp³-hybridized carbons (Fsp3) is 0.650. The molecule has 6 nitrogen and oxygen atoms in total. The van der Waals surface area contributed by atoms with Crippen LogP contribution in [0.25, 0.3) is 0 Å². The fourth-order valence-corrected chi connectivity index (χ4v) is 5.13. The van der Waals surface area contributed by atoms with Crippen LogP contribution >= 0.6 is 11.6 Å². The molecular formula is C20H32ClN3O3S. The highest BCUT2D eigenvalue weighted by Gasteiger charge is 2.31. The van der Waals surface area contributed by atoms with Gasteiger partial charge in [-0.05, 0) is 67.6 Å². The maximum absolute atomic E-state index is 12.7. The van der Waals surface area contributed by atoms with Gasteiger partial charge in [0.25, 0.3) is 0 Å². The second kappa shape index (κ2) is 9.46. The maximum atomic E-state index is 12.7. The summed E-state index contributed by atoms with van der Waals surface area (Å²) in [5.41, 5.74) is 2.42. The van der Waals surface area contributed by atoms with Crippen molar-refractivity contribution in [3.05, 3.63) is 28.3 Å². The first-order valence-corrected chi connectivity index (χ1v) is 11.9. The number of carbonyl (C=O) groups is 1. The Bertz CT molecular complexity index is 772. The standard InChI is InChI=1S/C20H32ClN3O3S/c1-6-24-9-7-16(8-10-24)28(26,27)23-20(25)22-19-17(13(2)3)11-15(21)12-18(19)14(4)5/h11-14,16H,6-10H2,1-5H3,(H2,22,23,25). The third-order valence-corrected chi connectivity index (χ3v) is 7.34. The van der Waals surface area contributed by atoms with Crippen molar-refractivity contribution in [1.29, 1.82) is 0 Å². The summed E-state index contributed by atoms with van der Waals surface area (Å²) in [5, 5.41) is 2.85. The number of sulfonamides is 1. The van der Waals surface area contributed by atoms with Crippen molar-refractivity contribution in [2.45, 2.75) is 64.5 Å². The third-order valence-electron chi connectivity index (χ3n) is 5.30. The lowest BCUT2D eigenvalue weighted by molar-refractivity contribution is 0.240. The normalized spacial score (nSPS) is 16.6. The Kier molecular flexibility index (Phi) is 7.76. The van der Waals surface area contributed by atoms with Crippen LogP contribution in [-0.2, 0) is 10.0 Å². The Hall–Kier alpha value is -1.31. The zero-order chi connectivity index (χ0) is 21.1. The van der Waals surface area contributed by atoms with Crippen LogP contribution in [0.1, 0.15) is 70.4 Å². The van der Waals surface area contributed by atoms with E-state index in [1.807, 2.05) is 39.8 Å². The van der Waals surface area contributed by atoms with Crippen LogP contribution in [0, 0.1) is 0 Å². The van der Waals surface area contributed by atoms with E-state index in [9.17, 15) is 13.2 Å². The first-order chi connectivity index (χ1) is 13.0. The maximum Gasteiger partial charge on any atom is 0.332 e. The lowest BCUT2D eigenvalue weighted by Gasteiger charge is -2.30. The van der Waals surface area contributed by atoms with Crippen LogP contribution in [0.3, 0.4) is 0 Å². The van der Waals surface area contributed by atoms with Crippen LogP contribution in [-0.4, -0.2) is 44.2 Å². The lowest BCUT2D eigenvalue weighted by atomic mass is 9.92. The number of carbonyl (C=O) groups excluding carboxylic acids is 1. The molecule has 158 valence electrons. The summed E-state index contributed by atoms with van der Waals surface area (Å²) in [4.78, 5) is 14.8. The van der Waals surface area contributed by atoms with Crippen molar-refractivity contribution in [3.8, 4) is 0 Å². The minimum Gasteiger partial charge on any atom is -0.307 e. The van der Waals surface area contributed by atoms with Gasteiger partial charge in [0.05, 0.1) is 5.25 Å². The molecule has 28 heavy (non-hydrogen) atoms. The Morgan fingerprint density at radius 1 is 1.14 bits per heavy atom. The highest BCUT2D eigenvalue weighted by molar-refractivity contribution is 7.90. The molecule has 1 saturated heterocycles. The van der Waals surface area contributed by atoms with Gasteiger partial charge < -0.3 is 10.2 Å². The van der Waals surface area contributed by atoms with Crippen LogP contribution in [0.5, 0.6) is 0 Å². The molecule has 1 heterocycles. The molecular weight excluding hydrogens is 398 g/mol. The summed E-state index contributed by atoms with van der Waals surface area (Å²) >= 11 is 6.25. The Morgan fingerprint density at radius 2 is 1.64 bits per heavy atom. The molecule has 1 aromatic carbocycles. The summed E-state index contributed by atoms with van der Waals surface area (Å²) in [6, 6.07) is 2.93. The third kappa shape index (κ3) is 5.61. The summed E-state index contributed by atoms with van der Waals surface area (Å²) < 4.78 is 27.5. The van der Waals surface area contributed by atoms with E-state index in [-0.39, 0.29) is 11.8 Å². The van der Waals surface area contributed by atoms with Gasteiger partial charge in [-0.2, -0.15) is 0 Å². The molecule has 0 saturated carbocycles. The summed E-state index contributed by atoms with van der Waals surface area (Å²) in [6.45, 7) is 12.5. The summed E-state index contributed by atoms with van der Waals surface area (Å²) in [6.07, 6.45) is 1.07. The second-order valence-corrected chi connectivity index (χ2v) is 10.4. The molecule has 1 fully saturated rings. The number of likely N-dealkylation sites (tertiary alicyclic amines) is 1. The molecule has 0 aromatic heterocycles. The summed E-state index contributed by atoms with van der Waals surface area (Å²) in [7, 11) is -3.72. The predicted octanol–water partition coefficient (Wildman–Crippen LogP) is 4.52. The van der Waals surface area contributed by atoms with Gasteiger partial charge >= 0.3 is 6.03 Å². The second-order valence-electron chi connectivity index (χ2n) is 8.00. The molecule has 0 radical (unpaired) electrons. The molecule has 2 N–H and O–H groups in total. The van der Waals surface area contributed by atoms with E-state index in [4.69, 9.17) is 11.6 Å². The number of nitrogens with zero attached hydrogens (tertiary/aromatic N) is 1. The van der Waals surface area contributed by atoms with Gasteiger partial charge in [-0.15, -0.1) is 0 Å². The zero-order valence-corrected chi connectivity index (χ0v) is 19.0. The molecule has 1 aliphatic rings. The number of nitrogens with one attached hydrogen (secondary N) is 2. The first kappa shape index (κ1) is 23.0. The smallest absolute Gasteiger partial charge is 0.307 e. The van der Waals surface area contributed by atoms with Gasteiger partial charge in [-0.25, -0.2) is 17.9 Å². The Morgan fingerprint density at radius 3 is 2.07 bits per heavy atom. The van der Waals surface area contributed by atoms with Gasteiger partial charge in [0.15, 0.2) is 0 Å². The average molecular weight is 430 g/mol. The number of urea groups is 1. The molecule has 0 unspecified atom stereocenters. The number of hydrogen-bond donors (Lipinski definition) is 2. The fourth-order valence-electron chi connectivity index (χ4n) is 3.59. The SMILES string of the molecule is CCN1CCC(S(=O)(=O)NC(=O)Nc2c(C(C)C)cc(Cl)cc2C(C)C)CC1. The highest BCUT2D eigenvalue weighted by Crippen LogP contribution is 2.35. The van der Waals surface area contributed by atoms with E-state index in [2.05, 4.69) is 21.9 Å². The van der Waals surface area contributed by atoms with Gasteiger partial charge in [0.1, 0.15) is 0 Å². The van der Waals surface area contributed by atoms with Crippen LogP contribution < -0.4 is 10.0 Å². The molecule has 1 aliphatic heterocycles. The highest BCUT2D eigenvalue weighted by atomic mass is 35.5. The molecule has 0 aliphatic carbocycles. The number of benzene rings is 1. The molecule has 1 aromatic rings. The molecule has 2 amide bonds. The molecule has 0 atom stereocenters. The van der Waals surface area contributed by atoms with E-state index in [1.165, 1.54) is 0 Å². The van der Waals surface area contributed by atoms with E-state index in [1.54, 1.807) is 0 Å². The number of anilines is 1. The van der Waals surface area contributed by atoms with E-state index in [0.29, 0.717) is 23.6 Å². The van der Waals surface area contributed by atoms with Crippen molar-refractivity contribution in [2.24, 2.45) is 0 Å². The summed E-state index contributed by atoms with van der Waals surface area (Å²) in [5.74, 6) is 0.253. The number of piperidine rings is 1. The van der Waals surface area contributed by atoms with Crippen LogP contribution in [0.15, 0.2) is 12.1 Å². The first-order valence-electron chi connectivity index (χ1n) is 9.93. The van der Waals surface area contributed by atoms with E-state index >= 15 is 0 Å². The number of halogens is 1. The largest absolute Gasteiger partial charge is 0.332 e. The van der Waals surface area contributed by atoms with Gasteiger partial charge in [0.2, 0.25) is 10.0 Å². The van der Waals surface area contributed by atoms with Crippen LogP contribution in [0.2, 0.25) is 5.02 Å². The van der Waals surface area contributed by atoms with Crippen molar-refractivity contribution in [1.82, 2.24) is 9.62 Å². The number of hydrogen-bond acceptors (Lipinski definition) is 4. The molecule has 0 spiro atoms. The molecule has 2 rings (SSSR count). The van der Waals surface area contributed by atoms with Crippen molar-refractivity contribution in [3.63, 3.8) is 0 Å². The number of amides is 2. The van der Waals surface area contributed by atoms with Crippen LogP contribution in [0.4, 0.5) is 10.5 Å². The topological polar surface area (TPSA) is 78.5 Å². The minimum atomic E-state index is -3.72. The number of rotatable bonds is 6. The minimum absolute atomic E-state index is 0.126. The zero-order valence-electron chi connectivity index (χ0n) is 17.4. The Labute approximate surface area is 174 Å².